The van der Waals surface area contributed by atoms with Gasteiger partial charge in [0.15, 0.2) is 0 Å². The summed E-state index contributed by atoms with van der Waals surface area (Å²) in [5.74, 6) is -1.47. The highest BCUT2D eigenvalue weighted by molar-refractivity contribution is 6.30. The van der Waals surface area contributed by atoms with E-state index in [1.807, 2.05) is 43.3 Å². The largest absolute Gasteiger partial charge is 0.481 e. The zero-order valence-electron chi connectivity index (χ0n) is 18.8. The first-order valence-corrected chi connectivity index (χ1v) is 11.5. The summed E-state index contributed by atoms with van der Waals surface area (Å²) in [6, 6.07) is 21.3. The molecule has 3 aromatic carbocycles. The number of hydrogen-bond acceptors (Lipinski definition) is 3. The van der Waals surface area contributed by atoms with Gasteiger partial charge in [0.2, 0.25) is 5.91 Å². The normalized spacial score (nSPS) is 14.9. The van der Waals surface area contributed by atoms with Crippen LogP contribution in [0.4, 0.5) is 11.4 Å². The highest BCUT2D eigenvalue weighted by Gasteiger charge is 2.35. The molecule has 174 valence electrons. The van der Waals surface area contributed by atoms with Crippen molar-refractivity contribution in [2.75, 3.05) is 22.9 Å². The molecular formula is C27H25ClN2O4. The third-order valence-corrected chi connectivity index (χ3v) is 6.32. The van der Waals surface area contributed by atoms with Crippen LogP contribution in [0.3, 0.4) is 0 Å². The fraction of sp³-hybridized carbons (Fsp3) is 0.222. The van der Waals surface area contributed by atoms with E-state index in [-0.39, 0.29) is 24.2 Å². The first-order valence-electron chi connectivity index (χ1n) is 11.2. The number of likely N-dealkylation sites (N-methyl/N-ethyl adjacent to an activating group) is 1. The van der Waals surface area contributed by atoms with Crippen molar-refractivity contribution in [2.45, 2.75) is 25.7 Å². The number of fused-ring (bicyclic) bond motifs is 1. The van der Waals surface area contributed by atoms with Gasteiger partial charge in [-0.3, -0.25) is 14.4 Å². The quantitative estimate of drug-likeness (QED) is 0.533. The summed E-state index contributed by atoms with van der Waals surface area (Å²) in [4.78, 5) is 41.3. The molecule has 0 fully saturated rings. The van der Waals surface area contributed by atoms with Crippen molar-refractivity contribution in [3.05, 3.63) is 94.5 Å². The van der Waals surface area contributed by atoms with Crippen molar-refractivity contribution < 1.29 is 19.5 Å². The van der Waals surface area contributed by atoms with E-state index in [2.05, 4.69) is 0 Å². The Bertz CT molecular complexity index is 1210. The summed E-state index contributed by atoms with van der Waals surface area (Å²) in [5, 5.41) is 9.57. The molecule has 0 saturated carbocycles. The molecule has 6 nitrogen and oxygen atoms in total. The SMILES string of the molecule is CCN(C(=O)[C@H]1CCN(C(=O)c2ccc(CC(=O)O)cc2)c2ccccc21)c1ccc(Cl)cc1. The summed E-state index contributed by atoms with van der Waals surface area (Å²) in [7, 11) is 0. The average molecular weight is 477 g/mol. The molecule has 0 spiro atoms. The van der Waals surface area contributed by atoms with Crippen molar-refractivity contribution in [1.82, 2.24) is 0 Å². The second-order valence-corrected chi connectivity index (χ2v) is 8.62. The Morgan fingerprint density at radius 2 is 1.68 bits per heavy atom. The van der Waals surface area contributed by atoms with Crippen LogP contribution in [0.2, 0.25) is 5.02 Å². The zero-order valence-corrected chi connectivity index (χ0v) is 19.5. The number of carboxylic acid groups (broad SMARTS) is 1. The van der Waals surface area contributed by atoms with E-state index >= 15 is 0 Å². The second-order valence-electron chi connectivity index (χ2n) is 8.18. The Labute approximate surface area is 203 Å². The van der Waals surface area contributed by atoms with Gasteiger partial charge in [-0.25, -0.2) is 0 Å². The van der Waals surface area contributed by atoms with E-state index in [9.17, 15) is 14.4 Å². The van der Waals surface area contributed by atoms with E-state index in [0.717, 1.165) is 16.9 Å². The fourth-order valence-corrected chi connectivity index (χ4v) is 4.53. The molecule has 3 aromatic rings. The predicted octanol–water partition coefficient (Wildman–Crippen LogP) is 5.15. The Morgan fingerprint density at radius 1 is 1.00 bits per heavy atom. The number of nitrogens with zero attached hydrogens (tertiary/aromatic N) is 2. The number of para-hydroxylation sites is 1. The van der Waals surface area contributed by atoms with Crippen LogP contribution >= 0.6 is 11.6 Å². The third-order valence-electron chi connectivity index (χ3n) is 6.06. The lowest BCUT2D eigenvalue weighted by Gasteiger charge is -2.36. The summed E-state index contributed by atoms with van der Waals surface area (Å²) in [5.41, 5.74) is 3.44. The van der Waals surface area contributed by atoms with Gasteiger partial charge in [-0.05, 0) is 66.9 Å². The molecule has 34 heavy (non-hydrogen) atoms. The number of halogens is 1. The Balaban J connectivity index is 1.60. The number of carbonyl (C=O) groups is 3. The molecular weight excluding hydrogens is 452 g/mol. The number of amides is 2. The molecule has 2 amide bonds. The van der Waals surface area contributed by atoms with Crippen molar-refractivity contribution in [3.8, 4) is 0 Å². The molecule has 0 bridgehead atoms. The van der Waals surface area contributed by atoms with E-state index in [1.165, 1.54) is 0 Å². The highest BCUT2D eigenvalue weighted by Crippen LogP contribution is 2.38. The minimum atomic E-state index is -0.917. The van der Waals surface area contributed by atoms with Crippen molar-refractivity contribution in [1.29, 1.82) is 0 Å². The Morgan fingerprint density at radius 3 is 2.32 bits per heavy atom. The molecule has 1 aliphatic heterocycles. The van der Waals surface area contributed by atoms with Gasteiger partial charge in [-0.1, -0.05) is 41.9 Å². The van der Waals surface area contributed by atoms with Crippen molar-refractivity contribution in [2.24, 2.45) is 0 Å². The standard InChI is InChI=1S/C27H25ClN2O4/c1-2-29(21-13-11-20(28)12-14-21)27(34)23-15-16-30(24-6-4-3-5-22(23)24)26(33)19-9-7-18(8-10-19)17-25(31)32/h3-14,23H,2,15-17H2,1H3,(H,31,32)/t23-/m0/s1. The van der Waals surface area contributed by atoms with E-state index in [1.54, 1.807) is 46.2 Å². The van der Waals surface area contributed by atoms with Crippen LogP contribution in [-0.4, -0.2) is 36.0 Å². The van der Waals surface area contributed by atoms with Gasteiger partial charge in [0.25, 0.3) is 5.91 Å². The van der Waals surface area contributed by atoms with Crippen LogP contribution in [0.1, 0.15) is 40.7 Å². The zero-order chi connectivity index (χ0) is 24.2. The molecule has 1 heterocycles. The van der Waals surface area contributed by atoms with Crippen LogP contribution in [0.5, 0.6) is 0 Å². The van der Waals surface area contributed by atoms with Crippen molar-refractivity contribution >= 4 is 40.8 Å². The third kappa shape index (κ3) is 4.82. The van der Waals surface area contributed by atoms with Crippen LogP contribution in [0.25, 0.3) is 0 Å². The molecule has 7 heteroatoms. The number of carbonyl (C=O) groups excluding carboxylic acids is 2. The molecule has 1 N–H and O–H groups in total. The molecule has 0 unspecified atom stereocenters. The minimum absolute atomic E-state index is 0.0117. The number of benzene rings is 3. The van der Waals surface area contributed by atoms with Crippen LogP contribution in [-0.2, 0) is 16.0 Å². The van der Waals surface area contributed by atoms with E-state index in [4.69, 9.17) is 16.7 Å². The van der Waals surface area contributed by atoms with Gasteiger partial charge in [0.1, 0.15) is 0 Å². The van der Waals surface area contributed by atoms with Gasteiger partial charge in [0.05, 0.1) is 12.3 Å². The molecule has 4 rings (SSSR count). The number of carboxylic acids is 1. The summed E-state index contributed by atoms with van der Waals surface area (Å²) in [6.45, 7) is 2.86. The summed E-state index contributed by atoms with van der Waals surface area (Å²) >= 11 is 6.01. The molecule has 0 saturated heterocycles. The van der Waals surface area contributed by atoms with E-state index in [0.29, 0.717) is 35.7 Å². The predicted molar refractivity (Wildman–Crippen MR) is 133 cm³/mol. The highest BCUT2D eigenvalue weighted by atomic mass is 35.5. The molecule has 0 aromatic heterocycles. The summed E-state index contributed by atoms with van der Waals surface area (Å²) in [6.07, 6.45) is 0.412. The van der Waals surface area contributed by atoms with Crippen molar-refractivity contribution in [3.63, 3.8) is 0 Å². The van der Waals surface area contributed by atoms with Gasteiger partial charge in [-0.15, -0.1) is 0 Å². The van der Waals surface area contributed by atoms with E-state index < -0.39 is 5.97 Å². The van der Waals surface area contributed by atoms with Crippen LogP contribution in [0, 0.1) is 0 Å². The number of rotatable bonds is 6. The minimum Gasteiger partial charge on any atom is -0.481 e. The smallest absolute Gasteiger partial charge is 0.307 e. The van der Waals surface area contributed by atoms with Gasteiger partial charge in [-0.2, -0.15) is 0 Å². The van der Waals surface area contributed by atoms with Gasteiger partial charge < -0.3 is 14.9 Å². The summed E-state index contributed by atoms with van der Waals surface area (Å²) < 4.78 is 0. The van der Waals surface area contributed by atoms with Crippen LogP contribution < -0.4 is 9.80 Å². The second kappa shape index (κ2) is 10.1. The first-order chi connectivity index (χ1) is 16.4. The first kappa shape index (κ1) is 23.5. The maximum Gasteiger partial charge on any atom is 0.307 e. The maximum atomic E-state index is 13.6. The molecule has 0 aliphatic carbocycles. The number of hydrogen-bond donors (Lipinski definition) is 1. The fourth-order valence-electron chi connectivity index (χ4n) is 4.40. The van der Waals surface area contributed by atoms with Gasteiger partial charge >= 0.3 is 5.97 Å². The average Bonchev–Trinajstić information content (AvgIpc) is 2.84. The lowest BCUT2D eigenvalue weighted by molar-refractivity contribution is -0.136. The Kier molecular flexibility index (Phi) is 6.98. The maximum absolute atomic E-state index is 13.6. The molecule has 1 atom stereocenters. The monoisotopic (exact) mass is 476 g/mol. The lowest BCUT2D eigenvalue weighted by atomic mass is 9.88. The topological polar surface area (TPSA) is 77.9 Å². The number of anilines is 2. The van der Waals surface area contributed by atoms with Crippen LogP contribution in [0.15, 0.2) is 72.8 Å². The molecule has 0 radical (unpaired) electrons. The lowest BCUT2D eigenvalue weighted by Crippen LogP contribution is -2.42. The number of aliphatic carboxylic acids is 1. The Hall–Kier alpha value is -3.64. The molecule has 1 aliphatic rings. The van der Waals surface area contributed by atoms with Gasteiger partial charge in [0, 0.05) is 35.1 Å².